The van der Waals surface area contributed by atoms with Crippen molar-refractivity contribution in [3.63, 3.8) is 0 Å². The van der Waals surface area contributed by atoms with Crippen LogP contribution in [0.5, 0.6) is 0 Å². The summed E-state index contributed by atoms with van der Waals surface area (Å²) in [6, 6.07) is 21.4. The second kappa shape index (κ2) is 10.8. The molecule has 1 aliphatic rings. The van der Waals surface area contributed by atoms with Crippen LogP contribution < -0.4 is 10.4 Å². The number of aromatic nitrogens is 3. The average molecular weight is 488 g/mol. The normalized spacial score (nSPS) is 18.8. The van der Waals surface area contributed by atoms with Gasteiger partial charge in [0.1, 0.15) is 17.9 Å². The lowest BCUT2D eigenvalue weighted by molar-refractivity contribution is -0.105. The van der Waals surface area contributed by atoms with Crippen molar-refractivity contribution in [2.24, 2.45) is 5.92 Å². The fraction of sp³-hybridized carbons (Fsp3) is 0.414. The highest BCUT2D eigenvalue weighted by atomic mass is 28.4. The van der Waals surface area contributed by atoms with Gasteiger partial charge in [-0.2, -0.15) is 0 Å². The molecule has 0 spiro atoms. The zero-order chi connectivity index (χ0) is 24.9. The molecule has 0 aliphatic heterocycles. The Morgan fingerprint density at radius 3 is 2.09 bits per heavy atom. The first-order valence-electron chi connectivity index (χ1n) is 12.7. The van der Waals surface area contributed by atoms with Gasteiger partial charge in [0.15, 0.2) is 0 Å². The number of benzene rings is 2. The van der Waals surface area contributed by atoms with Crippen LogP contribution in [0.4, 0.5) is 0 Å². The molecule has 6 heteroatoms. The minimum absolute atomic E-state index is 0.0492. The van der Waals surface area contributed by atoms with Gasteiger partial charge in [-0.3, -0.25) is 4.79 Å². The second-order valence-corrected chi connectivity index (χ2v) is 15.0. The number of carbonyl (C=O) groups is 1. The van der Waals surface area contributed by atoms with Crippen molar-refractivity contribution in [3.05, 3.63) is 84.5 Å². The van der Waals surface area contributed by atoms with Crippen LogP contribution in [0.25, 0.3) is 0 Å². The predicted molar refractivity (Wildman–Crippen MR) is 144 cm³/mol. The number of hydrogen-bond acceptors (Lipinski definition) is 4. The van der Waals surface area contributed by atoms with E-state index in [0.29, 0.717) is 24.9 Å². The topological polar surface area (TPSA) is 67.9 Å². The molecular formula is C29H37N3O2Si. The van der Waals surface area contributed by atoms with E-state index in [4.69, 9.17) is 4.43 Å². The van der Waals surface area contributed by atoms with E-state index in [1.54, 1.807) is 0 Å². The molecule has 0 atom stereocenters. The van der Waals surface area contributed by atoms with Gasteiger partial charge in [-0.25, -0.2) is 0 Å². The predicted octanol–water partition coefficient (Wildman–Crippen LogP) is 4.95. The Balaban J connectivity index is 1.48. The Kier molecular flexibility index (Phi) is 7.82. The number of hydrogen-bond donors (Lipinski definition) is 1. The molecule has 1 N–H and O–H groups in total. The minimum atomic E-state index is -2.55. The Labute approximate surface area is 210 Å². The highest BCUT2D eigenvalue weighted by molar-refractivity contribution is 6.99. The lowest BCUT2D eigenvalue weighted by atomic mass is 9.79. The van der Waals surface area contributed by atoms with Crippen molar-refractivity contribution < 1.29 is 9.22 Å². The molecule has 0 radical (unpaired) electrons. The molecule has 1 saturated carbocycles. The summed E-state index contributed by atoms with van der Waals surface area (Å²) >= 11 is 0. The molecule has 1 aliphatic carbocycles. The molecule has 0 amide bonds. The number of rotatable bonds is 9. The number of aromatic amines is 1. The van der Waals surface area contributed by atoms with Crippen LogP contribution in [0.3, 0.4) is 0 Å². The van der Waals surface area contributed by atoms with Gasteiger partial charge in [0.2, 0.25) is 0 Å². The molecule has 2 aromatic carbocycles. The minimum Gasteiger partial charge on any atom is -0.407 e. The largest absolute Gasteiger partial charge is 0.407 e. The summed E-state index contributed by atoms with van der Waals surface area (Å²) in [6.45, 7) is 11.4. The molecule has 1 heterocycles. The van der Waals surface area contributed by atoms with E-state index in [9.17, 15) is 4.79 Å². The van der Waals surface area contributed by atoms with Crippen LogP contribution in [0.15, 0.2) is 72.8 Å². The van der Waals surface area contributed by atoms with Crippen LogP contribution in [0, 0.1) is 5.92 Å². The Hall–Kier alpha value is -2.83. The lowest BCUT2D eigenvalue weighted by Crippen LogP contribution is -2.66. The smallest absolute Gasteiger partial charge is 0.261 e. The number of aldehydes is 1. The van der Waals surface area contributed by atoms with Crippen molar-refractivity contribution in [1.82, 2.24) is 15.2 Å². The second-order valence-electron chi connectivity index (χ2n) is 10.7. The summed E-state index contributed by atoms with van der Waals surface area (Å²) < 4.78 is 6.99. The zero-order valence-electron chi connectivity index (χ0n) is 21.2. The Morgan fingerprint density at radius 2 is 1.57 bits per heavy atom. The third-order valence-corrected chi connectivity index (χ3v) is 12.5. The molecule has 1 aromatic heterocycles. The molecule has 0 bridgehead atoms. The number of nitrogens with one attached hydrogen (secondary N) is 1. The third-order valence-electron chi connectivity index (χ3n) is 7.41. The number of nitrogens with zero attached hydrogens (tertiary/aromatic N) is 2. The number of H-pyrrole nitrogens is 1. The Bertz CT molecular complexity index is 1070. The quantitative estimate of drug-likeness (QED) is 0.263. The summed E-state index contributed by atoms with van der Waals surface area (Å²) in [4.78, 5) is 14.5. The zero-order valence-corrected chi connectivity index (χ0v) is 22.2. The molecule has 184 valence electrons. The molecule has 4 rings (SSSR count). The maximum atomic E-state index is 11.0. The van der Waals surface area contributed by atoms with E-state index in [-0.39, 0.29) is 5.04 Å². The van der Waals surface area contributed by atoms with Gasteiger partial charge in [-0.05, 0) is 52.6 Å². The molecule has 0 saturated heterocycles. The van der Waals surface area contributed by atoms with E-state index in [1.807, 2.05) is 0 Å². The van der Waals surface area contributed by atoms with Crippen molar-refractivity contribution in [3.8, 4) is 0 Å². The van der Waals surface area contributed by atoms with Crippen LogP contribution in [-0.2, 0) is 15.6 Å². The number of carbonyl (C=O) groups excluding carboxylic acids is 1. The van der Waals surface area contributed by atoms with E-state index in [2.05, 4.69) is 103 Å². The van der Waals surface area contributed by atoms with Gasteiger partial charge in [0, 0.05) is 18.9 Å². The van der Waals surface area contributed by atoms with Crippen molar-refractivity contribution in [1.29, 1.82) is 0 Å². The first-order chi connectivity index (χ1) is 16.8. The summed E-state index contributed by atoms with van der Waals surface area (Å²) in [7, 11) is -2.55. The van der Waals surface area contributed by atoms with Crippen LogP contribution in [-0.4, -0.2) is 36.4 Å². The number of allylic oxidation sites excluding steroid dienone is 1. The van der Waals surface area contributed by atoms with Gasteiger partial charge in [0.05, 0.1) is 0 Å². The highest BCUT2D eigenvalue weighted by Crippen LogP contribution is 2.38. The molecule has 3 aromatic rings. The summed E-state index contributed by atoms with van der Waals surface area (Å²) in [5, 5.41) is 11.4. The first kappa shape index (κ1) is 25.3. The Morgan fingerprint density at radius 1 is 1.00 bits per heavy atom. The van der Waals surface area contributed by atoms with E-state index < -0.39 is 8.32 Å². The van der Waals surface area contributed by atoms with Crippen molar-refractivity contribution in [2.45, 2.75) is 63.8 Å². The monoisotopic (exact) mass is 487 g/mol. The summed E-state index contributed by atoms with van der Waals surface area (Å²) in [5.74, 6) is 2.51. The van der Waals surface area contributed by atoms with Gasteiger partial charge in [-0.1, -0.05) is 88.0 Å². The lowest BCUT2D eigenvalue weighted by Gasteiger charge is -2.43. The molecule has 5 nitrogen and oxygen atoms in total. The third kappa shape index (κ3) is 5.39. The average Bonchev–Trinajstić information content (AvgIpc) is 3.35. The molecule has 35 heavy (non-hydrogen) atoms. The van der Waals surface area contributed by atoms with Crippen molar-refractivity contribution in [2.75, 3.05) is 6.61 Å². The molecule has 0 unspecified atom stereocenters. The summed E-state index contributed by atoms with van der Waals surface area (Å²) in [6.07, 6.45) is 5.57. The van der Waals surface area contributed by atoms with Crippen LogP contribution >= 0.6 is 0 Å². The SMILES string of the molecule is C=C(C=O)[C@H]1CC[C@H](c2nnc(CCO[Si](c3ccccc3)(c3ccccc3)C(C)(C)C)[nH]2)CC1. The van der Waals surface area contributed by atoms with Crippen LogP contribution in [0.2, 0.25) is 5.04 Å². The molecular weight excluding hydrogens is 450 g/mol. The highest BCUT2D eigenvalue weighted by Gasteiger charge is 2.50. The fourth-order valence-electron chi connectivity index (χ4n) is 5.50. The maximum Gasteiger partial charge on any atom is 0.261 e. The van der Waals surface area contributed by atoms with E-state index in [1.165, 1.54) is 10.4 Å². The van der Waals surface area contributed by atoms with Gasteiger partial charge in [0.25, 0.3) is 8.32 Å². The maximum absolute atomic E-state index is 11.0. The fourth-order valence-corrected chi connectivity index (χ4v) is 10.1. The van der Waals surface area contributed by atoms with Crippen molar-refractivity contribution >= 4 is 25.0 Å². The first-order valence-corrected chi connectivity index (χ1v) is 14.6. The van der Waals surface area contributed by atoms with Gasteiger partial charge in [-0.15, -0.1) is 10.2 Å². The van der Waals surface area contributed by atoms with E-state index in [0.717, 1.165) is 49.2 Å². The summed E-state index contributed by atoms with van der Waals surface area (Å²) in [5.41, 5.74) is 0.724. The molecule has 1 fully saturated rings. The standard InChI is InChI=1S/C29H37N3O2Si/c1-22(21-33)23-15-17-24(18-16-23)28-30-27(31-32-28)19-20-34-35(29(2,3)4,25-11-7-5-8-12-25)26-13-9-6-10-14-26/h5-14,21,23-24H,1,15-20H2,2-4H3,(H,30,31,32)/t23-,24-. The van der Waals surface area contributed by atoms with Gasteiger partial charge < -0.3 is 9.41 Å². The van der Waals surface area contributed by atoms with Gasteiger partial charge >= 0.3 is 0 Å². The van der Waals surface area contributed by atoms with Crippen LogP contribution in [0.1, 0.15) is 64.0 Å². The van der Waals surface area contributed by atoms with E-state index >= 15 is 0 Å².